The molecule has 0 aliphatic carbocycles. The van der Waals surface area contributed by atoms with Crippen LogP contribution in [0.4, 0.5) is 5.69 Å². The van der Waals surface area contributed by atoms with E-state index in [-0.39, 0.29) is 16.9 Å². The van der Waals surface area contributed by atoms with Crippen molar-refractivity contribution in [1.82, 2.24) is 0 Å². The number of nitriles is 3. The first kappa shape index (κ1) is 26.0. The minimum atomic E-state index is -0.813. The summed E-state index contributed by atoms with van der Waals surface area (Å²) in [4.78, 5) is 4.58. The monoisotopic (exact) mass is 522 g/mol. The second-order valence-electron chi connectivity index (χ2n) is 8.90. The second kappa shape index (κ2) is 10.9. The van der Waals surface area contributed by atoms with Crippen molar-refractivity contribution < 1.29 is 4.74 Å². The van der Waals surface area contributed by atoms with E-state index in [2.05, 4.69) is 73.4 Å². The van der Waals surface area contributed by atoms with E-state index in [1.807, 2.05) is 38.1 Å². The zero-order chi connectivity index (χ0) is 26.6. The number of thiophene rings is 2. The average molecular weight is 523 g/mol. The molecule has 7 heteroatoms. The summed E-state index contributed by atoms with van der Waals surface area (Å²) >= 11 is 3.42. The Kier molecular flexibility index (Phi) is 7.65. The molecule has 0 atom stereocenters. The van der Waals surface area contributed by atoms with Gasteiger partial charge in [-0.1, -0.05) is 24.3 Å². The van der Waals surface area contributed by atoms with Gasteiger partial charge in [0.15, 0.2) is 11.3 Å². The van der Waals surface area contributed by atoms with E-state index in [4.69, 9.17) is 4.74 Å². The fourth-order valence-corrected chi connectivity index (χ4v) is 6.47. The molecule has 0 unspecified atom stereocenters. The summed E-state index contributed by atoms with van der Waals surface area (Å²) in [5.74, 6) is 0.0587. The number of nitrogens with zero attached hydrogens (tertiary/aromatic N) is 4. The van der Waals surface area contributed by atoms with Crippen molar-refractivity contribution in [2.24, 2.45) is 0 Å². The predicted octanol–water partition coefficient (Wildman–Crippen LogP) is 7.92. The third-order valence-electron chi connectivity index (χ3n) is 6.19. The minimum absolute atomic E-state index is 0.0587. The van der Waals surface area contributed by atoms with Gasteiger partial charge in [0.2, 0.25) is 0 Å². The van der Waals surface area contributed by atoms with Crippen LogP contribution >= 0.6 is 22.7 Å². The number of benzene rings is 1. The number of hydrogen-bond donors (Lipinski definition) is 0. The van der Waals surface area contributed by atoms with Crippen LogP contribution in [-0.2, 0) is 4.74 Å². The summed E-state index contributed by atoms with van der Waals surface area (Å²) in [6, 6.07) is 18.7. The third kappa shape index (κ3) is 5.37. The van der Waals surface area contributed by atoms with Crippen LogP contribution in [0.25, 0.3) is 27.6 Å². The highest BCUT2D eigenvalue weighted by Gasteiger charge is 2.38. The molecular weight excluding hydrogens is 496 g/mol. The summed E-state index contributed by atoms with van der Waals surface area (Å²) in [5.41, 5.74) is 2.29. The standard InChI is InChI=1S/C30H26N4OS2/c1-5-34(6-2)22-10-7-20(8-11-22)9-12-23-15-27-28(36-23)16-24(37-27)13-14-26-25(19-33)29(21(17-31)18-32)35-30(26,3)4/h7-16H,5-6H2,1-4H3/b12-9+,14-13+. The smallest absolute Gasteiger partial charge is 0.172 e. The number of allylic oxidation sites excluding steroid dienone is 2. The molecule has 2 aromatic heterocycles. The van der Waals surface area contributed by atoms with Gasteiger partial charge in [0.05, 0.1) is 0 Å². The van der Waals surface area contributed by atoms with Crippen molar-refractivity contribution in [2.75, 3.05) is 18.0 Å². The van der Waals surface area contributed by atoms with Crippen molar-refractivity contribution in [3.8, 4) is 18.2 Å². The van der Waals surface area contributed by atoms with Crippen molar-refractivity contribution >= 4 is 56.0 Å². The Morgan fingerprint density at radius 2 is 1.46 bits per heavy atom. The number of ether oxygens (including phenoxy) is 1. The fraction of sp³-hybridized carbons (Fsp3) is 0.233. The number of rotatable bonds is 7. The molecular formula is C30H26N4OS2. The van der Waals surface area contributed by atoms with E-state index >= 15 is 0 Å². The lowest BCUT2D eigenvalue weighted by Gasteiger charge is -2.20. The van der Waals surface area contributed by atoms with Gasteiger partial charge >= 0.3 is 0 Å². The maximum Gasteiger partial charge on any atom is 0.172 e. The molecule has 0 spiro atoms. The van der Waals surface area contributed by atoms with Gasteiger partial charge in [0, 0.05) is 43.5 Å². The zero-order valence-electron chi connectivity index (χ0n) is 21.2. The molecule has 0 N–H and O–H groups in total. The Morgan fingerprint density at radius 3 is 1.97 bits per heavy atom. The summed E-state index contributed by atoms with van der Waals surface area (Å²) in [5, 5.41) is 28.2. The Balaban J connectivity index is 1.53. The van der Waals surface area contributed by atoms with Gasteiger partial charge in [-0.05, 0) is 69.7 Å². The molecule has 3 heterocycles. The molecule has 0 saturated heterocycles. The van der Waals surface area contributed by atoms with Crippen LogP contribution in [0.3, 0.4) is 0 Å². The summed E-state index contributed by atoms with van der Waals surface area (Å²) in [6.45, 7) is 9.98. The van der Waals surface area contributed by atoms with E-state index in [0.717, 1.165) is 18.0 Å². The molecule has 0 bridgehead atoms. The van der Waals surface area contributed by atoms with Gasteiger partial charge in [-0.2, -0.15) is 15.8 Å². The minimum Gasteiger partial charge on any atom is -0.480 e. The summed E-state index contributed by atoms with van der Waals surface area (Å²) < 4.78 is 8.24. The lowest BCUT2D eigenvalue weighted by molar-refractivity contribution is 0.0954. The van der Waals surface area contributed by atoms with Gasteiger partial charge in [0.1, 0.15) is 29.4 Å². The van der Waals surface area contributed by atoms with Crippen LogP contribution in [-0.4, -0.2) is 18.7 Å². The fourth-order valence-electron chi connectivity index (χ4n) is 4.25. The van der Waals surface area contributed by atoms with Gasteiger partial charge in [-0.25, -0.2) is 0 Å². The van der Waals surface area contributed by atoms with Crippen LogP contribution < -0.4 is 4.90 Å². The van der Waals surface area contributed by atoms with E-state index in [1.165, 1.54) is 25.5 Å². The van der Waals surface area contributed by atoms with Gasteiger partial charge in [0.25, 0.3) is 0 Å². The van der Waals surface area contributed by atoms with Crippen LogP contribution in [0.1, 0.15) is 43.0 Å². The zero-order valence-corrected chi connectivity index (χ0v) is 22.8. The van der Waals surface area contributed by atoms with E-state index in [1.54, 1.807) is 22.7 Å². The largest absolute Gasteiger partial charge is 0.480 e. The van der Waals surface area contributed by atoms with E-state index in [0.29, 0.717) is 5.57 Å². The van der Waals surface area contributed by atoms with Crippen molar-refractivity contribution in [3.05, 3.63) is 80.3 Å². The third-order valence-corrected chi connectivity index (χ3v) is 8.41. The molecule has 37 heavy (non-hydrogen) atoms. The van der Waals surface area contributed by atoms with Gasteiger partial charge in [-0.3, -0.25) is 0 Å². The molecule has 4 rings (SSSR count). The topological polar surface area (TPSA) is 83.8 Å². The maximum atomic E-state index is 9.70. The first-order valence-electron chi connectivity index (χ1n) is 12.0. The SMILES string of the molecule is CCN(CC)c1ccc(/C=C/c2cc3sc(/C=C/C4=C(C#N)C(=C(C#N)C#N)OC4(C)C)cc3s2)cc1. The average Bonchev–Trinajstić information content (AvgIpc) is 3.52. The highest BCUT2D eigenvalue weighted by atomic mass is 32.1. The quantitative estimate of drug-likeness (QED) is 0.294. The first-order valence-corrected chi connectivity index (χ1v) is 13.6. The molecule has 1 aliphatic rings. The molecule has 1 aliphatic heterocycles. The molecule has 1 aromatic carbocycles. The van der Waals surface area contributed by atoms with E-state index < -0.39 is 5.60 Å². The van der Waals surface area contributed by atoms with Crippen LogP contribution in [0, 0.1) is 34.0 Å². The number of fused-ring (bicyclic) bond motifs is 1. The summed E-state index contributed by atoms with van der Waals surface area (Å²) in [7, 11) is 0. The van der Waals surface area contributed by atoms with Crippen LogP contribution in [0.5, 0.6) is 0 Å². The molecule has 0 amide bonds. The number of hydrogen-bond acceptors (Lipinski definition) is 7. The predicted molar refractivity (Wildman–Crippen MR) is 154 cm³/mol. The highest BCUT2D eigenvalue weighted by molar-refractivity contribution is 7.28. The van der Waals surface area contributed by atoms with Crippen molar-refractivity contribution in [2.45, 2.75) is 33.3 Å². The molecule has 0 fully saturated rings. The van der Waals surface area contributed by atoms with Gasteiger partial charge in [-0.15, -0.1) is 22.7 Å². The lowest BCUT2D eigenvalue weighted by atomic mass is 9.94. The molecule has 5 nitrogen and oxygen atoms in total. The van der Waals surface area contributed by atoms with Crippen LogP contribution in [0.2, 0.25) is 0 Å². The Morgan fingerprint density at radius 1 is 0.892 bits per heavy atom. The van der Waals surface area contributed by atoms with Crippen LogP contribution in [0.15, 0.2) is 65.0 Å². The number of anilines is 1. The Hall–Kier alpha value is -4.09. The highest BCUT2D eigenvalue weighted by Crippen LogP contribution is 2.41. The molecule has 3 aromatic rings. The van der Waals surface area contributed by atoms with Crippen molar-refractivity contribution in [1.29, 1.82) is 15.8 Å². The molecule has 0 radical (unpaired) electrons. The molecule has 184 valence electrons. The van der Waals surface area contributed by atoms with E-state index in [9.17, 15) is 15.8 Å². The normalized spacial score (nSPS) is 14.7. The van der Waals surface area contributed by atoms with Gasteiger partial charge < -0.3 is 9.64 Å². The first-order chi connectivity index (χ1) is 17.8. The lowest BCUT2D eigenvalue weighted by Crippen LogP contribution is -2.21. The Labute approximate surface area is 225 Å². The van der Waals surface area contributed by atoms with Crippen molar-refractivity contribution in [3.63, 3.8) is 0 Å². The maximum absolute atomic E-state index is 9.70. The second-order valence-corrected chi connectivity index (χ2v) is 11.1. The summed E-state index contributed by atoms with van der Waals surface area (Å²) in [6.07, 6.45) is 8.11. The molecule has 0 saturated carbocycles. The Bertz CT molecular complexity index is 1520.